The van der Waals surface area contributed by atoms with Gasteiger partial charge < -0.3 is 9.64 Å². The summed E-state index contributed by atoms with van der Waals surface area (Å²) in [5.41, 5.74) is 2.65. The lowest BCUT2D eigenvalue weighted by Gasteiger charge is -2.44. The van der Waals surface area contributed by atoms with E-state index in [1.165, 1.54) is 24.3 Å². The van der Waals surface area contributed by atoms with E-state index in [4.69, 9.17) is 4.74 Å². The first-order valence-electron chi connectivity index (χ1n) is 9.25. The molecule has 0 radical (unpaired) electrons. The third-order valence-electron chi connectivity index (χ3n) is 5.58. The van der Waals surface area contributed by atoms with E-state index in [1.54, 1.807) is 4.90 Å². The van der Waals surface area contributed by atoms with Gasteiger partial charge in [0.25, 0.3) is 5.91 Å². The lowest BCUT2D eigenvalue weighted by molar-refractivity contribution is -0.00580. The highest BCUT2D eigenvalue weighted by molar-refractivity contribution is 6.02. The van der Waals surface area contributed by atoms with Gasteiger partial charge in [0.15, 0.2) is 5.78 Å². The monoisotopic (exact) mass is 367 g/mol. The van der Waals surface area contributed by atoms with Gasteiger partial charge in [-0.2, -0.15) is 0 Å². The van der Waals surface area contributed by atoms with Crippen molar-refractivity contribution in [3.63, 3.8) is 0 Å². The molecular weight excluding hydrogens is 345 g/mol. The second kappa shape index (κ2) is 6.48. The van der Waals surface area contributed by atoms with Gasteiger partial charge in [-0.3, -0.25) is 9.59 Å². The van der Waals surface area contributed by atoms with Gasteiger partial charge in [0, 0.05) is 31.5 Å². The SMILES string of the molecule is Cc1cc(C)c2c(c1)OC1(CCN(C(=O)c3ccc(F)cc3)CC1)CC2=O. The number of fused-ring (bicyclic) bond motifs is 1. The number of piperidine rings is 1. The molecular formula is C22H22FNO3. The zero-order valence-electron chi connectivity index (χ0n) is 15.5. The van der Waals surface area contributed by atoms with Crippen molar-refractivity contribution in [2.24, 2.45) is 0 Å². The highest BCUT2D eigenvalue weighted by Gasteiger charge is 2.44. The predicted octanol–water partition coefficient (Wildman–Crippen LogP) is 4.08. The zero-order valence-corrected chi connectivity index (χ0v) is 15.5. The Morgan fingerprint density at radius 3 is 2.44 bits per heavy atom. The first kappa shape index (κ1) is 17.7. The Morgan fingerprint density at radius 1 is 1.11 bits per heavy atom. The fraction of sp³-hybridized carbons (Fsp3) is 0.364. The molecule has 1 saturated heterocycles. The number of ketones is 1. The van der Waals surface area contributed by atoms with E-state index in [0.29, 0.717) is 49.2 Å². The van der Waals surface area contributed by atoms with Crippen molar-refractivity contribution >= 4 is 11.7 Å². The standard InChI is InChI=1S/C22H22FNO3/c1-14-11-15(2)20-18(25)13-22(27-19(20)12-14)7-9-24(10-8-22)21(26)16-3-5-17(23)6-4-16/h3-6,11-12H,7-10,13H2,1-2H3. The summed E-state index contributed by atoms with van der Waals surface area (Å²) >= 11 is 0. The molecule has 1 fully saturated rings. The Labute approximate surface area is 157 Å². The molecule has 2 aliphatic rings. The van der Waals surface area contributed by atoms with Gasteiger partial charge >= 0.3 is 0 Å². The fourth-order valence-corrected chi connectivity index (χ4v) is 4.19. The molecule has 0 aromatic heterocycles. The van der Waals surface area contributed by atoms with Crippen molar-refractivity contribution in [3.8, 4) is 5.75 Å². The van der Waals surface area contributed by atoms with Crippen LogP contribution in [-0.4, -0.2) is 35.3 Å². The quantitative estimate of drug-likeness (QED) is 0.763. The number of rotatable bonds is 1. The summed E-state index contributed by atoms with van der Waals surface area (Å²) in [5.74, 6) is 0.315. The maximum atomic E-state index is 13.1. The van der Waals surface area contributed by atoms with E-state index < -0.39 is 5.60 Å². The molecule has 4 nitrogen and oxygen atoms in total. The summed E-state index contributed by atoms with van der Waals surface area (Å²) in [6.07, 6.45) is 1.57. The smallest absolute Gasteiger partial charge is 0.253 e. The second-order valence-corrected chi connectivity index (χ2v) is 7.64. The minimum absolute atomic E-state index is 0.112. The Hall–Kier alpha value is -2.69. The summed E-state index contributed by atoms with van der Waals surface area (Å²) in [5, 5.41) is 0. The minimum atomic E-state index is -0.538. The highest BCUT2D eigenvalue weighted by Crippen LogP contribution is 2.41. The van der Waals surface area contributed by atoms with Crippen LogP contribution in [0, 0.1) is 19.7 Å². The number of benzene rings is 2. The van der Waals surface area contributed by atoms with Crippen LogP contribution in [0.25, 0.3) is 0 Å². The van der Waals surface area contributed by atoms with Crippen molar-refractivity contribution < 1.29 is 18.7 Å². The van der Waals surface area contributed by atoms with E-state index in [-0.39, 0.29) is 17.5 Å². The topological polar surface area (TPSA) is 46.6 Å². The molecule has 2 aromatic carbocycles. The number of likely N-dealkylation sites (tertiary alicyclic amines) is 1. The average molecular weight is 367 g/mol. The molecule has 0 N–H and O–H groups in total. The number of hydrogen-bond acceptors (Lipinski definition) is 3. The van der Waals surface area contributed by atoms with Crippen LogP contribution in [0.5, 0.6) is 5.75 Å². The number of carbonyl (C=O) groups excluding carboxylic acids is 2. The molecule has 27 heavy (non-hydrogen) atoms. The first-order chi connectivity index (χ1) is 12.9. The van der Waals surface area contributed by atoms with Crippen molar-refractivity contribution in [2.45, 2.75) is 38.7 Å². The molecule has 0 atom stereocenters. The molecule has 1 spiro atoms. The van der Waals surface area contributed by atoms with Gasteiger partial charge in [0.2, 0.25) is 0 Å². The summed E-state index contributed by atoms with van der Waals surface area (Å²) < 4.78 is 19.4. The normalized spacial score (nSPS) is 18.2. The molecule has 140 valence electrons. The van der Waals surface area contributed by atoms with Gasteiger partial charge in [-0.25, -0.2) is 4.39 Å². The lowest BCUT2D eigenvalue weighted by atomic mass is 9.81. The number of halogens is 1. The molecule has 2 heterocycles. The molecule has 2 aromatic rings. The van der Waals surface area contributed by atoms with Crippen molar-refractivity contribution in [3.05, 3.63) is 64.5 Å². The van der Waals surface area contributed by atoms with Crippen LogP contribution in [0.15, 0.2) is 36.4 Å². The molecule has 0 bridgehead atoms. The van der Waals surface area contributed by atoms with E-state index in [9.17, 15) is 14.0 Å². The number of nitrogens with zero attached hydrogens (tertiary/aromatic N) is 1. The highest BCUT2D eigenvalue weighted by atomic mass is 19.1. The van der Waals surface area contributed by atoms with Gasteiger partial charge in [-0.1, -0.05) is 6.07 Å². The predicted molar refractivity (Wildman–Crippen MR) is 99.8 cm³/mol. The van der Waals surface area contributed by atoms with Crippen molar-refractivity contribution in [1.29, 1.82) is 0 Å². The number of amides is 1. The van der Waals surface area contributed by atoms with E-state index in [0.717, 1.165) is 11.1 Å². The van der Waals surface area contributed by atoms with Crippen LogP contribution >= 0.6 is 0 Å². The number of hydrogen-bond donors (Lipinski definition) is 0. The van der Waals surface area contributed by atoms with Crippen LogP contribution in [0.4, 0.5) is 4.39 Å². The summed E-state index contributed by atoms with van der Waals surface area (Å²) in [6.45, 7) is 4.97. The summed E-state index contributed by atoms with van der Waals surface area (Å²) in [7, 11) is 0. The zero-order chi connectivity index (χ0) is 19.2. The van der Waals surface area contributed by atoms with E-state index >= 15 is 0 Å². The average Bonchev–Trinajstić information content (AvgIpc) is 2.61. The Kier molecular flexibility index (Phi) is 4.25. The van der Waals surface area contributed by atoms with Gasteiger partial charge in [0.1, 0.15) is 17.2 Å². The third-order valence-corrected chi connectivity index (χ3v) is 5.58. The maximum absolute atomic E-state index is 13.1. The molecule has 4 rings (SSSR count). The summed E-state index contributed by atoms with van der Waals surface area (Å²) in [4.78, 5) is 27.1. The largest absolute Gasteiger partial charge is 0.486 e. The molecule has 5 heteroatoms. The van der Waals surface area contributed by atoms with Crippen LogP contribution < -0.4 is 4.74 Å². The molecule has 0 unspecified atom stereocenters. The Morgan fingerprint density at radius 2 is 1.78 bits per heavy atom. The number of aryl methyl sites for hydroxylation is 2. The third kappa shape index (κ3) is 3.22. The van der Waals surface area contributed by atoms with E-state index in [2.05, 4.69) is 0 Å². The minimum Gasteiger partial charge on any atom is -0.486 e. The van der Waals surface area contributed by atoms with Crippen LogP contribution in [0.3, 0.4) is 0 Å². The molecule has 1 amide bonds. The van der Waals surface area contributed by atoms with Gasteiger partial charge in [-0.05, 0) is 55.3 Å². The number of Topliss-reactive ketones (excluding diaryl/α,β-unsaturated/α-hetero) is 1. The van der Waals surface area contributed by atoms with E-state index in [1.807, 2.05) is 26.0 Å². The van der Waals surface area contributed by atoms with Gasteiger partial charge in [-0.15, -0.1) is 0 Å². The molecule has 0 aliphatic carbocycles. The van der Waals surface area contributed by atoms with Crippen LogP contribution in [0.1, 0.15) is 51.1 Å². The lowest BCUT2D eigenvalue weighted by Crippen LogP contribution is -2.52. The molecule has 0 saturated carbocycles. The van der Waals surface area contributed by atoms with Crippen LogP contribution in [0.2, 0.25) is 0 Å². The number of carbonyl (C=O) groups is 2. The Bertz CT molecular complexity index is 912. The van der Waals surface area contributed by atoms with Crippen LogP contribution in [-0.2, 0) is 0 Å². The van der Waals surface area contributed by atoms with Gasteiger partial charge in [0.05, 0.1) is 12.0 Å². The summed E-state index contributed by atoms with van der Waals surface area (Å²) in [6, 6.07) is 9.53. The van der Waals surface area contributed by atoms with Crippen molar-refractivity contribution in [1.82, 2.24) is 4.90 Å². The first-order valence-corrected chi connectivity index (χ1v) is 9.25. The van der Waals surface area contributed by atoms with Crippen molar-refractivity contribution in [2.75, 3.05) is 13.1 Å². The molecule has 2 aliphatic heterocycles. The number of ether oxygens (including phenoxy) is 1. The second-order valence-electron chi connectivity index (χ2n) is 7.64. The Balaban J connectivity index is 1.51. The fourth-order valence-electron chi connectivity index (χ4n) is 4.19. The maximum Gasteiger partial charge on any atom is 0.253 e.